The molecule has 0 atom stereocenters. The van der Waals surface area contributed by atoms with Gasteiger partial charge in [0.2, 0.25) is 26.6 Å². The minimum absolute atomic E-state index is 0.0532. The smallest absolute Gasteiger partial charge is 0.236 e. The zero-order chi connectivity index (χ0) is 21.4. The summed E-state index contributed by atoms with van der Waals surface area (Å²) in [5.41, 5.74) is 1.80. The zero-order valence-electron chi connectivity index (χ0n) is 17.3. The number of aryl methyl sites for hydroxylation is 1. The van der Waals surface area contributed by atoms with E-state index in [1.54, 1.807) is 6.07 Å². The van der Waals surface area contributed by atoms with Crippen molar-refractivity contribution in [2.45, 2.75) is 36.1 Å². The van der Waals surface area contributed by atoms with E-state index in [1.807, 2.05) is 36.1 Å². The Morgan fingerprint density at radius 1 is 0.935 bits per heavy atom. The highest BCUT2D eigenvalue weighted by atomic mass is 32.2. The van der Waals surface area contributed by atoms with Crippen LogP contribution in [0.4, 0.5) is 5.88 Å². The Bertz CT molecular complexity index is 1210. The molecule has 0 aliphatic carbocycles. The molecule has 162 valence electrons. The summed E-state index contributed by atoms with van der Waals surface area (Å²) in [4.78, 5) is 6.59. The van der Waals surface area contributed by atoms with E-state index in [2.05, 4.69) is 4.98 Å². The van der Waals surface area contributed by atoms with Gasteiger partial charge in [0.1, 0.15) is 13.2 Å². The molecule has 0 saturated carbocycles. The van der Waals surface area contributed by atoms with Crippen LogP contribution in [0.15, 0.2) is 56.8 Å². The fourth-order valence-electron chi connectivity index (χ4n) is 3.97. The lowest BCUT2D eigenvalue weighted by atomic mass is 10.1. The van der Waals surface area contributed by atoms with E-state index in [0.717, 1.165) is 43.5 Å². The van der Waals surface area contributed by atoms with Gasteiger partial charge in [0.15, 0.2) is 11.5 Å². The summed E-state index contributed by atoms with van der Waals surface area (Å²) in [6.45, 7) is 4.29. The number of nitrogens with zero attached hydrogens (tertiary/aromatic N) is 2. The monoisotopic (exact) mass is 440 g/mol. The molecule has 2 aromatic carbocycles. The summed E-state index contributed by atoms with van der Waals surface area (Å²) in [6, 6.07) is 12.4. The zero-order valence-corrected chi connectivity index (χ0v) is 18.2. The van der Waals surface area contributed by atoms with E-state index in [4.69, 9.17) is 13.9 Å². The van der Waals surface area contributed by atoms with Gasteiger partial charge in [-0.1, -0.05) is 17.7 Å². The number of fused-ring (bicyclic) bond motifs is 1. The first-order valence-electron chi connectivity index (χ1n) is 10.5. The number of hydrogen-bond acceptors (Lipinski definition) is 7. The SMILES string of the molecule is Cc1cccc(-c2nc(S(=O)(=O)c3ccc4c(c3)OCCO4)c(N3CCCCC3)o2)c1. The summed E-state index contributed by atoms with van der Waals surface area (Å²) >= 11 is 0. The van der Waals surface area contributed by atoms with Crippen molar-refractivity contribution in [3.63, 3.8) is 0 Å². The lowest BCUT2D eigenvalue weighted by molar-refractivity contribution is 0.171. The first kappa shape index (κ1) is 19.9. The van der Waals surface area contributed by atoms with Crippen LogP contribution in [-0.2, 0) is 9.84 Å². The summed E-state index contributed by atoms with van der Waals surface area (Å²) in [7, 11) is -3.93. The molecule has 0 radical (unpaired) electrons. The van der Waals surface area contributed by atoms with E-state index in [9.17, 15) is 8.42 Å². The normalized spacial score (nSPS) is 16.4. The van der Waals surface area contributed by atoms with Crippen molar-refractivity contribution in [3.05, 3.63) is 48.0 Å². The number of oxazole rings is 1. The highest BCUT2D eigenvalue weighted by molar-refractivity contribution is 7.91. The molecule has 5 rings (SSSR count). The second-order valence-electron chi connectivity index (χ2n) is 7.86. The Labute approximate surface area is 181 Å². The van der Waals surface area contributed by atoms with Crippen molar-refractivity contribution < 1.29 is 22.3 Å². The van der Waals surface area contributed by atoms with Gasteiger partial charge in [0, 0.05) is 24.7 Å². The van der Waals surface area contributed by atoms with E-state index >= 15 is 0 Å². The molecular formula is C23H24N2O5S. The van der Waals surface area contributed by atoms with Crippen molar-refractivity contribution in [1.29, 1.82) is 0 Å². The molecule has 0 spiro atoms. The number of piperidine rings is 1. The minimum Gasteiger partial charge on any atom is -0.486 e. The minimum atomic E-state index is -3.93. The molecular weight excluding hydrogens is 416 g/mol. The summed E-state index contributed by atoms with van der Waals surface area (Å²) in [6.07, 6.45) is 3.10. The van der Waals surface area contributed by atoms with Crippen LogP contribution in [-0.4, -0.2) is 39.7 Å². The molecule has 0 unspecified atom stereocenters. The van der Waals surface area contributed by atoms with E-state index in [0.29, 0.717) is 36.5 Å². The molecule has 1 saturated heterocycles. The maximum atomic E-state index is 13.6. The molecule has 8 heteroatoms. The Kier molecular flexibility index (Phi) is 5.09. The Morgan fingerprint density at radius 2 is 1.71 bits per heavy atom. The lowest BCUT2D eigenvalue weighted by Crippen LogP contribution is -2.30. The van der Waals surface area contributed by atoms with Gasteiger partial charge in [0.25, 0.3) is 0 Å². The second-order valence-corrected chi connectivity index (χ2v) is 9.72. The summed E-state index contributed by atoms with van der Waals surface area (Å²) in [5.74, 6) is 1.59. The number of ether oxygens (including phenoxy) is 2. The fraction of sp³-hybridized carbons (Fsp3) is 0.348. The lowest BCUT2D eigenvalue weighted by Gasteiger charge is -2.26. The Hall–Kier alpha value is -3.00. The standard InChI is InChI=1S/C23H24N2O5S/c1-16-6-5-7-17(14-16)21-24-22(23(30-21)25-10-3-2-4-11-25)31(26,27)18-8-9-19-20(15-18)29-13-12-28-19/h5-9,14-15H,2-4,10-13H2,1H3. The summed E-state index contributed by atoms with van der Waals surface area (Å²) < 4.78 is 44.5. The molecule has 0 amide bonds. The number of anilines is 1. The van der Waals surface area contributed by atoms with Gasteiger partial charge in [-0.2, -0.15) is 4.98 Å². The van der Waals surface area contributed by atoms with Crippen molar-refractivity contribution >= 4 is 15.7 Å². The predicted molar refractivity (Wildman–Crippen MR) is 116 cm³/mol. The van der Waals surface area contributed by atoms with Crippen LogP contribution in [0.3, 0.4) is 0 Å². The van der Waals surface area contributed by atoms with Gasteiger partial charge in [-0.3, -0.25) is 0 Å². The maximum absolute atomic E-state index is 13.6. The first-order valence-corrected chi connectivity index (χ1v) is 12.0. The van der Waals surface area contributed by atoms with E-state index in [-0.39, 0.29) is 9.92 Å². The van der Waals surface area contributed by atoms with Gasteiger partial charge in [-0.15, -0.1) is 0 Å². The summed E-state index contributed by atoms with van der Waals surface area (Å²) in [5, 5.41) is -0.0532. The van der Waals surface area contributed by atoms with Crippen LogP contribution < -0.4 is 14.4 Å². The maximum Gasteiger partial charge on any atom is 0.236 e. The van der Waals surface area contributed by atoms with Crippen LogP contribution in [0.2, 0.25) is 0 Å². The van der Waals surface area contributed by atoms with Gasteiger partial charge in [0.05, 0.1) is 4.90 Å². The third kappa shape index (κ3) is 3.76. The molecule has 3 aromatic rings. The van der Waals surface area contributed by atoms with Crippen LogP contribution in [0.1, 0.15) is 24.8 Å². The highest BCUT2D eigenvalue weighted by Crippen LogP contribution is 2.39. The third-order valence-electron chi connectivity index (χ3n) is 5.57. The number of hydrogen-bond donors (Lipinski definition) is 0. The molecule has 0 N–H and O–H groups in total. The van der Waals surface area contributed by atoms with Crippen LogP contribution in [0.5, 0.6) is 11.5 Å². The number of rotatable bonds is 4. The quantitative estimate of drug-likeness (QED) is 0.600. The number of benzene rings is 2. The molecule has 0 bridgehead atoms. The van der Waals surface area contributed by atoms with Crippen molar-refractivity contribution in [2.24, 2.45) is 0 Å². The van der Waals surface area contributed by atoms with Crippen LogP contribution in [0.25, 0.3) is 11.5 Å². The van der Waals surface area contributed by atoms with Crippen molar-refractivity contribution in [1.82, 2.24) is 4.98 Å². The molecule has 31 heavy (non-hydrogen) atoms. The molecule has 2 aliphatic rings. The third-order valence-corrected chi connectivity index (χ3v) is 7.22. The average Bonchev–Trinajstić information content (AvgIpc) is 3.26. The van der Waals surface area contributed by atoms with Gasteiger partial charge >= 0.3 is 0 Å². The molecule has 3 heterocycles. The number of sulfone groups is 1. The van der Waals surface area contributed by atoms with E-state index < -0.39 is 9.84 Å². The molecule has 2 aliphatic heterocycles. The van der Waals surface area contributed by atoms with Crippen LogP contribution in [0, 0.1) is 6.92 Å². The predicted octanol–water partition coefficient (Wildman–Crippen LogP) is 4.24. The van der Waals surface area contributed by atoms with E-state index in [1.165, 1.54) is 12.1 Å². The highest BCUT2D eigenvalue weighted by Gasteiger charge is 2.33. The molecule has 1 fully saturated rings. The van der Waals surface area contributed by atoms with Gasteiger partial charge in [-0.25, -0.2) is 8.42 Å². The average molecular weight is 441 g/mol. The second kappa shape index (κ2) is 7.92. The Morgan fingerprint density at radius 3 is 2.48 bits per heavy atom. The van der Waals surface area contributed by atoms with Crippen molar-refractivity contribution in [2.75, 3.05) is 31.2 Å². The fourth-order valence-corrected chi connectivity index (χ4v) is 5.31. The molecule has 1 aromatic heterocycles. The van der Waals surface area contributed by atoms with Gasteiger partial charge in [-0.05, 0) is 50.5 Å². The van der Waals surface area contributed by atoms with Crippen molar-refractivity contribution in [3.8, 4) is 23.0 Å². The number of aromatic nitrogens is 1. The van der Waals surface area contributed by atoms with Gasteiger partial charge < -0.3 is 18.8 Å². The van der Waals surface area contributed by atoms with Crippen LogP contribution >= 0.6 is 0 Å². The largest absolute Gasteiger partial charge is 0.486 e. The Balaban J connectivity index is 1.62. The topological polar surface area (TPSA) is 81.9 Å². The molecule has 7 nitrogen and oxygen atoms in total. The first-order chi connectivity index (χ1) is 15.0.